The Kier molecular flexibility index (Phi) is 19.6. The average Bonchev–Trinajstić information content (AvgIpc) is 1.42. The Morgan fingerprint density at radius 3 is 0.644 bits per heavy atom. The summed E-state index contributed by atoms with van der Waals surface area (Å²) < 4.78 is 0. The van der Waals surface area contributed by atoms with Crippen LogP contribution in [0.2, 0.25) is 0 Å². The molecule has 0 heterocycles. The Morgan fingerprint density at radius 1 is 0.114 bits per heavy atom. The smallest absolute Gasteiger partial charge is 0.0720 e. The molecule has 0 aromatic heterocycles. The molecule has 0 radical (unpaired) electrons. The Balaban J connectivity index is 0.000000146. The number of hydrogen-bond acceptors (Lipinski definition) is 2. The van der Waals surface area contributed by atoms with Crippen molar-refractivity contribution >= 4 is 34.1 Å². The van der Waals surface area contributed by atoms with Crippen LogP contribution in [0.25, 0.3) is 77.9 Å². The lowest BCUT2D eigenvalue weighted by Crippen LogP contribution is -2.44. The van der Waals surface area contributed by atoms with E-state index in [1.807, 2.05) is 0 Å². The fourth-order valence-corrected chi connectivity index (χ4v) is 23.1. The van der Waals surface area contributed by atoms with E-state index in [4.69, 9.17) is 0 Å². The van der Waals surface area contributed by atoms with Crippen LogP contribution in [-0.2, 0) is 21.7 Å². The highest BCUT2D eigenvalue weighted by molar-refractivity contribution is 5.97. The van der Waals surface area contributed by atoms with Crippen molar-refractivity contribution in [3.8, 4) is 77.9 Å². The van der Waals surface area contributed by atoms with Gasteiger partial charge in [0.1, 0.15) is 0 Å². The Morgan fingerprint density at radius 2 is 0.318 bits per heavy atom. The van der Waals surface area contributed by atoms with Crippen LogP contribution in [0.15, 0.2) is 546 Å². The second-order valence-electron chi connectivity index (χ2n) is 35.0. The quantitative estimate of drug-likeness (QED) is 0.101. The van der Waals surface area contributed by atoms with Gasteiger partial charge in [-0.25, -0.2) is 0 Å². The molecule has 0 amide bonds. The van der Waals surface area contributed by atoms with Gasteiger partial charge in [-0.1, -0.05) is 479 Å². The van der Waals surface area contributed by atoms with Crippen LogP contribution in [0.4, 0.5) is 34.1 Å². The van der Waals surface area contributed by atoms with Crippen molar-refractivity contribution < 1.29 is 0 Å². The van der Waals surface area contributed by atoms with E-state index < -0.39 is 21.7 Å². The highest BCUT2D eigenvalue weighted by Crippen LogP contribution is 2.68. The zero-order valence-corrected chi connectivity index (χ0v) is 72.9. The first-order chi connectivity index (χ1) is 65.5. The molecule has 0 bridgehead atoms. The van der Waals surface area contributed by atoms with Gasteiger partial charge in [0.05, 0.1) is 33.0 Å². The molecule has 132 heavy (non-hydrogen) atoms. The third-order valence-corrected chi connectivity index (χ3v) is 28.5. The van der Waals surface area contributed by atoms with Gasteiger partial charge >= 0.3 is 0 Å². The molecule has 0 atom stereocenters. The summed E-state index contributed by atoms with van der Waals surface area (Å²) in [6, 6.07) is 202. The summed E-state index contributed by atoms with van der Waals surface area (Å²) in [6.45, 7) is 0. The zero-order valence-electron chi connectivity index (χ0n) is 72.9. The van der Waals surface area contributed by atoms with Gasteiger partial charge in [-0.3, -0.25) is 0 Å². The first kappa shape index (κ1) is 78.7. The van der Waals surface area contributed by atoms with E-state index in [2.05, 4.69) is 556 Å². The summed E-state index contributed by atoms with van der Waals surface area (Å²) in [5, 5.41) is 0. The first-order valence-electron chi connectivity index (χ1n) is 45.9. The molecule has 2 spiro atoms. The minimum atomic E-state index is -0.561. The van der Waals surface area contributed by atoms with Gasteiger partial charge in [-0.2, -0.15) is 0 Å². The van der Waals surface area contributed by atoms with E-state index in [1.54, 1.807) is 0 Å². The Bertz CT molecular complexity index is 7650. The molecule has 21 aromatic carbocycles. The molecule has 620 valence electrons. The highest BCUT2D eigenvalue weighted by Gasteiger charge is 2.59. The van der Waals surface area contributed by atoms with E-state index in [1.165, 1.54) is 167 Å². The minimum absolute atomic E-state index is 0.528. The number of fused-ring (bicyclic) bond motifs is 18. The molecule has 21 aromatic rings. The molecule has 0 saturated carbocycles. The summed E-state index contributed by atoms with van der Waals surface area (Å²) in [7, 11) is 0. The predicted molar refractivity (Wildman–Crippen MR) is 548 cm³/mol. The fraction of sp³-hybridized carbons (Fsp3) is 0.0308. The molecule has 2 nitrogen and oxygen atoms in total. The van der Waals surface area contributed by atoms with E-state index in [0.717, 1.165) is 34.1 Å². The van der Waals surface area contributed by atoms with Gasteiger partial charge in [0.2, 0.25) is 0 Å². The Labute approximate surface area is 773 Å². The zero-order chi connectivity index (χ0) is 87.6. The molecule has 2 heteroatoms. The van der Waals surface area contributed by atoms with Gasteiger partial charge in [-0.15, -0.1) is 0 Å². The van der Waals surface area contributed by atoms with Crippen LogP contribution < -0.4 is 9.80 Å². The lowest BCUT2D eigenvalue weighted by atomic mass is 9.51. The van der Waals surface area contributed by atoms with Crippen molar-refractivity contribution in [3.05, 3.63) is 635 Å². The summed E-state index contributed by atoms with van der Waals surface area (Å²) in [4.78, 5) is 4.84. The van der Waals surface area contributed by atoms with Crippen molar-refractivity contribution in [2.75, 3.05) is 9.80 Å². The number of nitrogens with zero attached hydrogens (tertiary/aromatic N) is 2. The van der Waals surface area contributed by atoms with Crippen LogP contribution in [0.3, 0.4) is 0 Å². The van der Waals surface area contributed by atoms with Crippen molar-refractivity contribution in [2.24, 2.45) is 0 Å². The van der Waals surface area contributed by atoms with Crippen LogP contribution in [0, 0.1) is 0 Å². The molecule has 25 rings (SSSR count). The summed E-state index contributed by atoms with van der Waals surface area (Å²) >= 11 is 0. The third kappa shape index (κ3) is 12.4. The number of anilines is 6. The van der Waals surface area contributed by atoms with Crippen molar-refractivity contribution in [3.63, 3.8) is 0 Å². The minimum Gasteiger partial charge on any atom is -0.310 e. The lowest BCUT2D eigenvalue weighted by molar-refractivity contribution is 0.623. The maximum atomic E-state index is 2.46. The van der Waals surface area contributed by atoms with E-state index in [9.17, 15) is 0 Å². The lowest BCUT2D eigenvalue weighted by Gasteiger charge is -2.50. The van der Waals surface area contributed by atoms with Gasteiger partial charge in [0.25, 0.3) is 0 Å². The molecule has 0 unspecified atom stereocenters. The SMILES string of the molecule is c1ccc(-c2ccc(N(c3ccc(-c4ccc5c(c4)-c4ccccc4C54c5ccccc5C(c5ccccc5)(c5ccccc5)c5ccccc54)cc3)c3ccccc3-c3ccccc3)cc2)cc1.c1ccc(-c2ccc(N(c3ccc4c(c3)-c3ccccc3C43c4ccccc4C(c4ccccc4)(c4ccccc4)c4ccccc43)c3ccccc3-c3ccccc3)cc2)cc1. The van der Waals surface area contributed by atoms with E-state index in [0.29, 0.717) is 0 Å². The van der Waals surface area contributed by atoms with E-state index >= 15 is 0 Å². The molecule has 0 aliphatic heterocycles. The number of rotatable bonds is 15. The van der Waals surface area contributed by atoms with Gasteiger partial charge in [0.15, 0.2) is 0 Å². The fourth-order valence-electron chi connectivity index (χ4n) is 23.1. The molecule has 4 aliphatic carbocycles. The molecule has 0 saturated heterocycles. The second kappa shape index (κ2) is 32.8. The average molecular weight is 1680 g/mol. The molecule has 0 N–H and O–H groups in total. The third-order valence-electron chi connectivity index (χ3n) is 28.5. The van der Waals surface area contributed by atoms with Crippen molar-refractivity contribution in [1.29, 1.82) is 0 Å². The number of benzene rings is 21. The summed E-state index contributed by atoms with van der Waals surface area (Å²) in [6.07, 6.45) is 0. The maximum Gasteiger partial charge on any atom is 0.0720 e. The molecule has 0 fully saturated rings. The van der Waals surface area contributed by atoms with Crippen LogP contribution in [0.1, 0.15) is 89.0 Å². The standard InChI is InChI=1S/C68H47N.C62H43N/c1-5-21-48(22-6-1)49-37-42-55(43-38-49)69(66-36-20-14-29-57(66)51-23-7-2-8-24-51)56-44-39-50(40-45-56)52-41-46-61-59(47-52)58-30-13-15-31-60(58)68(61)64-34-18-16-32-62(64)67(53-25-9-3-10-26-53,54-27-11-4-12-28-54)63-33-17-19-35-65(63)68;1-5-21-44(22-6-1)45-37-39-49(40-38-45)63(60-36-20-14-29-51(60)46-23-7-2-8-24-46)50-41-42-55-53(43-50)52-30-13-15-31-54(52)62(55)58-34-18-16-32-56(58)61(47-25-9-3-10-26-47,48-27-11-4-12-28-48)57-33-17-19-35-59(57)62/h1-47H;1-43H. The maximum absolute atomic E-state index is 2.46. The van der Waals surface area contributed by atoms with Crippen LogP contribution in [0.5, 0.6) is 0 Å². The Hall–Kier alpha value is -16.8. The van der Waals surface area contributed by atoms with Crippen LogP contribution in [-0.4, -0.2) is 0 Å². The summed E-state index contributed by atoms with van der Waals surface area (Å²) in [5.41, 5.74) is 42.3. The molecular weight excluding hydrogens is 1590 g/mol. The monoisotopic (exact) mass is 1680 g/mol. The normalized spacial score (nSPS) is 13.5. The summed E-state index contributed by atoms with van der Waals surface area (Å²) in [5.74, 6) is 0. The molecular formula is C130H90N2. The highest BCUT2D eigenvalue weighted by atomic mass is 15.2. The number of hydrogen-bond donors (Lipinski definition) is 0. The molecule has 4 aliphatic rings. The topological polar surface area (TPSA) is 6.48 Å². The van der Waals surface area contributed by atoms with Crippen molar-refractivity contribution in [2.45, 2.75) is 21.7 Å². The second-order valence-corrected chi connectivity index (χ2v) is 35.0. The van der Waals surface area contributed by atoms with Gasteiger partial charge < -0.3 is 9.80 Å². The predicted octanol–water partition coefficient (Wildman–Crippen LogP) is 32.8. The van der Waals surface area contributed by atoms with Crippen LogP contribution >= 0.6 is 0 Å². The largest absolute Gasteiger partial charge is 0.310 e. The van der Waals surface area contributed by atoms with Gasteiger partial charge in [-0.05, 0) is 223 Å². The van der Waals surface area contributed by atoms with E-state index in [-0.39, 0.29) is 0 Å². The number of para-hydroxylation sites is 2. The van der Waals surface area contributed by atoms with Crippen molar-refractivity contribution in [1.82, 2.24) is 0 Å². The van der Waals surface area contributed by atoms with Gasteiger partial charge in [0, 0.05) is 33.9 Å². The first-order valence-corrected chi connectivity index (χ1v) is 45.9.